The molecule has 25 heavy (non-hydrogen) atoms. The molecule has 0 aromatic heterocycles. The fourth-order valence-corrected chi connectivity index (χ4v) is 4.74. The van der Waals surface area contributed by atoms with E-state index in [-0.39, 0.29) is 0 Å². The predicted octanol–water partition coefficient (Wildman–Crippen LogP) is 3.05. The Morgan fingerprint density at radius 1 is 1.28 bits per heavy atom. The zero-order valence-corrected chi connectivity index (χ0v) is 16.4. The number of rotatable bonds is 7. The number of nitrogens with zero attached hydrogens (tertiary/aromatic N) is 2. The minimum atomic E-state index is 0.381. The molecule has 0 bridgehead atoms. The number of hydrogen-bond donors (Lipinski definition) is 1. The second-order valence-electron chi connectivity index (χ2n) is 8.03. The molecule has 1 N–H and O–H groups in total. The first-order valence-corrected chi connectivity index (χ1v) is 10.4. The van der Waals surface area contributed by atoms with Crippen LogP contribution in [-0.2, 0) is 9.47 Å². The Hall–Kier alpha value is -0.810. The molecular weight excluding hydrogens is 314 g/mol. The fourth-order valence-electron chi connectivity index (χ4n) is 4.74. The Morgan fingerprint density at radius 3 is 2.64 bits per heavy atom. The standard InChI is InChI=1S/C20H37N3O2/c1-4-21-19(23(3)12-7-16-8-13-24-14-9-16)22-17-15-18(25-5-2)20(17)10-6-11-20/h16-18H,4-15H2,1-3H3,(H,21,22). The van der Waals surface area contributed by atoms with E-state index in [2.05, 4.69) is 31.1 Å². The second kappa shape index (κ2) is 8.72. The van der Waals surface area contributed by atoms with Crippen LogP contribution < -0.4 is 5.32 Å². The second-order valence-corrected chi connectivity index (χ2v) is 8.03. The van der Waals surface area contributed by atoms with Gasteiger partial charge in [-0.1, -0.05) is 6.42 Å². The van der Waals surface area contributed by atoms with Crippen LogP contribution >= 0.6 is 0 Å². The van der Waals surface area contributed by atoms with E-state index >= 15 is 0 Å². The van der Waals surface area contributed by atoms with Crippen molar-refractivity contribution in [3.05, 3.63) is 0 Å². The van der Waals surface area contributed by atoms with E-state index in [1.165, 1.54) is 38.5 Å². The molecule has 3 aliphatic rings. The van der Waals surface area contributed by atoms with Gasteiger partial charge in [0, 0.05) is 51.4 Å². The van der Waals surface area contributed by atoms with Crippen LogP contribution in [0.15, 0.2) is 4.99 Å². The lowest BCUT2D eigenvalue weighted by atomic mass is 9.51. The van der Waals surface area contributed by atoms with Gasteiger partial charge in [0.15, 0.2) is 5.96 Å². The van der Waals surface area contributed by atoms with Gasteiger partial charge in [0.25, 0.3) is 0 Å². The smallest absolute Gasteiger partial charge is 0.193 e. The monoisotopic (exact) mass is 351 g/mol. The van der Waals surface area contributed by atoms with Gasteiger partial charge in [0.1, 0.15) is 0 Å². The van der Waals surface area contributed by atoms with Crippen molar-refractivity contribution < 1.29 is 9.47 Å². The largest absolute Gasteiger partial charge is 0.381 e. The lowest BCUT2D eigenvalue weighted by molar-refractivity contribution is -0.168. The van der Waals surface area contributed by atoms with Crippen LogP contribution in [0.4, 0.5) is 0 Å². The summed E-state index contributed by atoms with van der Waals surface area (Å²) >= 11 is 0. The number of aliphatic imine (C=N–C) groups is 1. The summed E-state index contributed by atoms with van der Waals surface area (Å²) in [5.41, 5.74) is 0.381. The Kier molecular flexibility index (Phi) is 6.61. The average Bonchev–Trinajstić information content (AvgIpc) is 2.57. The summed E-state index contributed by atoms with van der Waals surface area (Å²) in [4.78, 5) is 7.10. The number of guanidine groups is 1. The maximum atomic E-state index is 5.99. The molecule has 0 aromatic rings. The van der Waals surface area contributed by atoms with E-state index in [1.807, 2.05) is 0 Å². The maximum Gasteiger partial charge on any atom is 0.193 e. The highest BCUT2D eigenvalue weighted by atomic mass is 16.5. The van der Waals surface area contributed by atoms with Crippen molar-refractivity contribution >= 4 is 5.96 Å². The normalized spacial score (nSPS) is 29.2. The van der Waals surface area contributed by atoms with Gasteiger partial charge in [-0.2, -0.15) is 0 Å². The predicted molar refractivity (Wildman–Crippen MR) is 102 cm³/mol. The molecule has 0 amide bonds. The lowest BCUT2D eigenvalue weighted by Gasteiger charge is -2.61. The zero-order valence-electron chi connectivity index (χ0n) is 16.4. The zero-order chi connectivity index (χ0) is 17.7. The molecule has 1 aliphatic heterocycles. The van der Waals surface area contributed by atoms with Crippen LogP contribution in [0.5, 0.6) is 0 Å². The van der Waals surface area contributed by atoms with Crippen molar-refractivity contribution in [2.45, 2.75) is 70.9 Å². The van der Waals surface area contributed by atoms with E-state index in [0.717, 1.165) is 51.2 Å². The molecule has 2 atom stereocenters. The summed E-state index contributed by atoms with van der Waals surface area (Å²) in [7, 11) is 2.19. The van der Waals surface area contributed by atoms with Crippen molar-refractivity contribution in [1.82, 2.24) is 10.2 Å². The fraction of sp³-hybridized carbons (Fsp3) is 0.950. The summed E-state index contributed by atoms with van der Waals surface area (Å²) in [5, 5.41) is 3.79. The third-order valence-electron chi connectivity index (χ3n) is 6.62. The molecule has 1 spiro atoms. The highest BCUT2D eigenvalue weighted by Gasteiger charge is 2.59. The molecule has 1 heterocycles. The van der Waals surface area contributed by atoms with Crippen LogP contribution in [0.25, 0.3) is 0 Å². The van der Waals surface area contributed by atoms with E-state index in [0.29, 0.717) is 17.6 Å². The molecule has 3 rings (SSSR count). The Bertz CT molecular complexity index is 444. The number of ether oxygens (including phenoxy) is 2. The van der Waals surface area contributed by atoms with Crippen molar-refractivity contribution in [3.63, 3.8) is 0 Å². The summed E-state index contributed by atoms with van der Waals surface area (Å²) < 4.78 is 11.5. The molecule has 3 fully saturated rings. The lowest BCUT2D eigenvalue weighted by Crippen LogP contribution is -2.68. The van der Waals surface area contributed by atoms with Crippen LogP contribution in [0.2, 0.25) is 0 Å². The summed E-state index contributed by atoms with van der Waals surface area (Å²) in [6.07, 6.45) is 9.21. The molecule has 5 nitrogen and oxygen atoms in total. The topological polar surface area (TPSA) is 46.1 Å². The summed E-state index contributed by atoms with van der Waals surface area (Å²) in [5.74, 6) is 1.89. The van der Waals surface area contributed by atoms with E-state index in [1.54, 1.807) is 0 Å². The molecule has 2 unspecified atom stereocenters. The first kappa shape index (κ1) is 19.0. The molecule has 0 radical (unpaired) electrons. The Balaban J connectivity index is 1.51. The van der Waals surface area contributed by atoms with E-state index in [4.69, 9.17) is 14.5 Å². The van der Waals surface area contributed by atoms with Crippen LogP contribution in [0.1, 0.15) is 58.8 Å². The van der Waals surface area contributed by atoms with Gasteiger partial charge < -0.3 is 19.7 Å². The highest BCUT2D eigenvalue weighted by molar-refractivity contribution is 5.80. The molecule has 5 heteroatoms. The van der Waals surface area contributed by atoms with E-state index in [9.17, 15) is 0 Å². The quantitative estimate of drug-likeness (QED) is 0.566. The van der Waals surface area contributed by atoms with Crippen LogP contribution in [0, 0.1) is 11.3 Å². The van der Waals surface area contributed by atoms with Crippen molar-refractivity contribution in [1.29, 1.82) is 0 Å². The van der Waals surface area contributed by atoms with Gasteiger partial charge in [0.05, 0.1) is 6.10 Å². The van der Waals surface area contributed by atoms with Crippen LogP contribution in [-0.4, -0.2) is 63.0 Å². The summed E-state index contributed by atoms with van der Waals surface area (Å²) in [6.45, 7) is 8.85. The van der Waals surface area contributed by atoms with Gasteiger partial charge in [-0.3, -0.25) is 4.99 Å². The third-order valence-corrected chi connectivity index (χ3v) is 6.62. The Morgan fingerprint density at radius 2 is 2.04 bits per heavy atom. The third kappa shape index (κ3) is 4.13. The Labute approximate surface area is 153 Å². The SMILES string of the molecule is CCN=C(NC1CC(OCC)C12CCC2)N(C)CCC1CCOCC1. The molecular formula is C20H37N3O2. The number of nitrogens with one attached hydrogen (secondary N) is 1. The number of hydrogen-bond acceptors (Lipinski definition) is 3. The van der Waals surface area contributed by atoms with E-state index < -0.39 is 0 Å². The molecule has 2 aliphatic carbocycles. The van der Waals surface area contributed by atoms with Crippen molar-refractivity contribution in [2.75, 3.05) is 40.0 Å². The first-order valence-electron chi connectivity index (χ1n) is 10.4. The molecule has 1 saturated heterocycles. The minimum absolute atomic E-state index is 0.381. The van der Waals surface area contributed by atoms with Gasteiger partial charge in [-0.15, -0.1) is 0 Å². The molecule has 2 saturated carbocycles. The first-order chi connectivity index (χ1) is 12.2. The van der Waals surface area contributed by atoms with Crippen molar-refractivity contribution in [2.24, 2.45) is 16.3 Å². The minimum Gasteiger partial charge on any atom is -0.381 e. The van der Waals surface area contributed by atoms with Gasteiger partial charge in [-0.05, 0) is 58.3 Å². The van der Waals surface area contributed by atoms with Gasteiger partial charge in [-0.25, -0.2) is 0 Å². The van der Waals surface area contributed by atoms with Gasteiger partial charge in [0.2, 0.25) is 0 Å². The molecule has 0 aromatic carbocycles. The average molecular weight is 352 g/mol. The van der Waals surface area contributed by atoms with Crippen LogP contribution in [0.3, 0.4) is 0 Å². The highest BCUT2D eigenvalue weighted by Crippen LogP contribution is 2.57. The molecule has 144 valence electrons. The van der Waals surface area contributed by atoms with Crippen molar-refractivity contribution in [3.8, 4) is 0 Å². The van der Waals surface area contributed by atoms with Gasteiger partial charge >= 0.3 is 0 Å². The summed E-state index contributed by atoms with van der Waals surface area (Å²) in [6, 6.07) is 0.536. The maximum absolute atomic E-state index is 5.99.